The smallest absolute Gasteiger partial charge is 0.231 e. The zero-order valence-corrected chi connectivity index (χ0v) is 12.7. The maximum atomic E-state index is 6.20. The van der Waals surface area contributed by atoms with Crippen LogP contribution < -0.4 is 9.47 Å². The third kappa shape index (κ3) is 2.05. The highest BCUT2D eigenvalue weighted by molar-refractivity contribution is 9.10. The Morgan fingerprint density at radius 3 is 2.75 bits per heavy atom. The highest BCUT2D eigenvalue weighted by Crippen LogP contribution is 2.44. The van der Waals surface area contributed by atoms with Crippen molar-refractivity contribution >= 4 is 27.5 Å². The zero-order valence-electron chi connectivity index (χ0n) is 10.4. The van der Waals surface area contributed by atoms with E-state index in [4.69, 9.17) is 21.1 Å². The molecule has 0 amide bonds. The molecule has 102 valence electrons. The van der Waals surface area contributed by atoms with Crippen molar-refractivity contribution in [3.8, 4) is 22.9 Å². The van der Waals surface area contributed by atoms with E-state index >= 15 is 0 Å². The minimum Gasteiger partial charge on any atom is -0.454 e. The van der Waals surface area contributed by atoms with Gasteiger partial charge in [-0.2, -0.15) is 0 Å². The SMILES string of the molecule is Clc1nc(-c2ccc3c(c2)OCO3)nc(C2CC2)c1Br. The Morgan fingerprint density at radius 1 is 1.15 bits per heavy atom. The van der Waals surface area contributed by atoms with Gasteiger partial charge in [-0.25, -0.2) is 9.97 Å². The predicted octanol–water partition coefficient (Wildman–Crippen LogP) is 4.17. The molecule has 1 fully saturated rings. The molecule has 0 atom stereocenters. The van der Waals surface area contributed by atoms with Crippen LogP contribution in [0.3, 0.4) is 0 Å². The Kier molecular flexibility index (Phi) is 2.86. The van der Waals surface area contributed by atoms with E-state index in [1.54, 1.807) is 0 Å². The first-order valence-corrected chi connectivity index (χ1v) is 7.52. The fourth-order valence-corrected chi connectivity index (χ4v) is 2.91. The number of fused-ring (bicyclic) bond motifs is 1. The Balaban J connectivity index is 1.82. The average molecular weight is 354 g/mol. The summed E-state index contributed by atoms with van der Waals surface area (Å²) in [6.45, 7) is 0.258. The van der Waals surface area contributed by atoms with E-state index < -0.39 is 0 Å². The lowest BCUT2D eigenvalue weighted by atomic mass is 10.2. The molecule has 0 bridgehead atoms. The number of benzene rings is 1. The summed E-state index contributed by atoms with van der Waals surface area (Å²) in [4.78, 5) is 9.00. The van der Waals surface area contributed by atoms with Crippen molar-refractivity contribution in [3.05, 3.63) is 33.5 Å². The molecule has 4 nitrogen and oxygen atoms in total. The van der Waals surface area contributed by atoms with Gasteiger partial charge in [0.1, 0.15) is 5.15 Å². The van der Waals surface area contributed by atoms with Crippen LogP contribution in [-0.4, -0.2) is 16.8 Å². The maximum absolute atomic E-state index is 6.20. The second-order valence-electron chi connectivity index (χ2n) is 4.88. The van der Waals surface area contributed by atoms with Gasteiger partial charge in [-0.15, -0.1) is 0 Å². The van der Waals surface area contributed by atoms with Crippen molar-refractivity contribution in [2.24, 2.45) is 0 Å². The molecule has 0 N–H and O–H groups in total. The van der Waals surface area contributed by atoms with Crippen molar-refractivity contribution in [2.75, 3.05) is 6.79 Å². The Labute approximate surface area is 129 Å². The fourth-order valence-electron chi connectivity index (χ4n) is 2.23. The Bertz CT molecular complexity index is 704. The monoisotopic (exact) mass is 352 g/mol. The van der Waals surface area contributed by atoms with Gasteiger partial charge in [-0.1, -0.05) is 11.6 Å². The van der Waals surface area contributed by atoms with Gasteiger partial charge in [0.15, 0.2) is 17.3 Å². The molecule has 2 aromatic rings. The number of rotatable bonds is 2. The molecule has 1 aromatic carbocycles. The summed E-state index contributed by atoms with van der Waals surface area (Å²) in [6, 6.07) is 5.68. The van der Waals surface area contributed by atoms with Crippen LogP contribution in [0.5, 0.6) is 11.5 Å². The van der Waals surface area contributed by atoms with Crippen molar-refractivity contribution in [3.63, 3.8) is 0 Å². The second kappa shape index (κ2) is 4.60. The van der Waals surface area contributed by atoms with Crippen LogP contribution in [0.15, 0.2) is 22.7 Å². The lowest BCUT2D eigenvalue weighted by Crippen LogP contribution is -1.97. The van der Waals surface area contributed by atoms with Crippen molar-refractivity contribution in [1.29, 1.82) is 0 Å². The number of aromatic nitrogens is 2. The summed E-state index contributed by atoms with van der Waals surface area (Å²) < 4.78 is 11.5. The Morgan fingerprint density at radius 2 is 1.95 bits per heavy atom. The zero-order chi connectivity index (χ0) is 13.7. The predicted molar refractivity (Wildman–Crippen MR) is 78.3 cm³/mol. The summed E-state index contributed by atoms with van der Waals surface area (Å²) in [5.74, 6) is 2.59. The van der Waals surface area contributed by atoms with Crippen LogP contribution >= 0.6 is 27.5 Å². The molecule has 1 saturated carbocycles. The standard InChI is InChI=1S/C14H10BrClN2O2/c15-11-12(7-1-2-7)17-14(18-13(11)16)8-3-4-9-10(5-8)20-6-19-9/h3-5,7H,1-2,6H2. The van der Waals surface area contributed by atoms with E-state index in [1.807, 2.05) is 18.2 Å². The van der Waals surface area contributed by atoms with Crippen LogP contribution in [0.1, 0.15) is 24.5 Å². The van der Waals surface area contributed by atoms with E-state index in [1.165, 1.54) is 0 Å². The molecule has 1 aliphatic carbocycles. The van der Waals surface area contributed by atoms with Crippen LogP contribution in [0, 0.1) is 0 Å². The van der Waals surface area contributed by atoms with Gasteiger partial charge in [0, 0.05) is 11.5 Å². The van der Waals surface area contributed by atoms with Crippen LogP contribution in [0.2, 0.25) is 5.15 Å². The first-order chi connectivity index (χ1) is 9.72. The van der Waals surface area contributed by atoms with Crippen molar-refractivity contribution < 1.29 is 9.47 Å². The molecule has 20 heavy (non-hydrogen) atoms. The topological polar surface area (TPSA) is 44.2 Å². The average Bonchev–Trinajstić information content (AvgIpc) is 3.18. The number of nitrogens with zero attached hydrogens (tertiary/aromatic N) is 2. The summed E-state index contributed by atoms with van der Waals surface area (Å²) >= 11 is 9.68. The van der Waals surface area contributed by atoms with E-state index in [2.05, 4.69) is 25.9 Å². The molecule has 2 aliphatic rings. The van der Waals surface area contributed by atoms with Crippen LogP contribution in [0.4, 0.5) is 0 Å². The summed E-state index contributed by atoms with van der Waals surface area (Å²) in [6.07, 6.45) is 2.32. The Hall–Kier alpha value is -1.33. The first-order valence-electron chi connectivity index (χ1n) is 6.35. The second-order valence-corrected chi connectivity index (χ2v) is 6.03. The molecular formula is C14H10BrClN2O2. The molecule has 1 aromatic heterocycles. The fraction of sp³-hybridized carbons (Fsp3) is 0.286. The van der Waals surface area contributed by atoms with E-state index in [0.717, 1.165) is 40.1 Å². The van der Waals surface area contributed by atoms with Gasteiger partial charge < -0.3 is 9.47 Å². The van der Waals surface area contributed by atoms with Crippen LogP contribution in [0.25, 0.3) is 11.4 Å². The van der Waals surface area contributed by atoms with E-state index in [-0.39, 0.29) is 6.79 Å². The van der Waals surface area contributed by atoms with Crippen molar-refractivity contribution in [2.45, 2.75) is 18.8 Å². The van der Waals surface area contributed by atoms with Gasteiger partial charge >= 0.3 is 0 Å². The normalized spacial score (nSPS) is 16.5. The molecule has 6 heteroatoms. The lowest BCUT2D eigenvalue weighted by Gasteiger charge is -2.08. The third-order valence-electron chi connectivity index (χ3n) is 3.43. The van der Waals surface area contributed by atoms with Gasteiger partial charge in [0.2, 0.25) is 6.79 Å². The van der Waals surface area contributed by atoms with Gasteiger partial charge in [0.25, 0.3) is 0 Å². The van der Waals surface area contributed by atoms with E-state index in [9.17, 15) is 0 Å². The maximum Gasteiger partial charge on any atom is 0.231 e. The van der Waals surface area contributed by atoms with E-state index in [0.29, 0.717) is 16.9 Å². The number of ether oxygens (including phenoxy) is 2. The summed E-state index contributed by atoms with van der Waals surface area (Å²) in [7, 11) is 0. The molecule has 2 heterocycles. The number of hydrogen-bond acceptors (Lipinski definition) is 4. The van der Waals surface area contributed by atoms with Crippen molar-refractivity contribution in [1.82, 2.24) is 9.97 Å². The number of halogens is 2. The molecule has 4 rings (SSSR count). The summed E-state index contributed by atoms with van der Waals surface area (Å²) in [5.41, 5.74) is 1.88. The largest absolute Gasteiger partial charge is 0.454 e. The van der Waals surface area contributed by atoms with Gasteiger partial charge in [0.05, 0.1) is 10.2 Å². The highest BCUT2D eigenvalue weighted by atomic mass is 79.9. The molecule has 0 radical (unpaired) electrons. The van der Waals surface area contributed by atoms with Gasteiger partial charge in [-0.3, -0.25) is 0 Å². The van der Waals surface area contributed by atoms with Gasteiger partial charge in [-0.05, 0) is 47.0 Å². The first kappa shape index (κ1) is 12.4. The highest BCUT2D eigenvalue weighted by Gasteiger charge is 2.29. The minimum atomic E-state index is 0.258. The van der Waals surface area contributed by atoms with Crippen LogP contribution in [-0.2, 0) is 0 Å². The molecule has 0 spiro atoms. The summed E-state index contributed by atoms with van der Waals surface area (Å²) in [5, 5.41) is 0.453. The third-order valence-corrected chi connectivity index (χ3v) is 4.71. The lowest BCUT2D eigenvalue weighted by molar-refractivity contribution is 0.174. The molecule has 0 saturated heterocycles. The minimum absolute atomic E-state index is 0.258. The molecule has 0 unspecified atom stereocenters. The number of hydrogen-bond donors (Lipinski definition) is 0. The quantitative estimate of drug-likeness (QED) is 0.760. The molecular weight excluding hydrogens is 344 g/mol. The molecule has 1 aliphatic heterocycles.